The Balaban J connectivity index is 2.68. The molecule has 0 aromatic carbocycles. The van der Waals surface area contributed by atoms with Crippen molar-refractivity contribution in [3.8, 4) is 0 Å². The van der Waals surface area contributed by atoms with Crippen LogP contribution in [0.3, 0.4) is 0 Å². The van der Waals surface area contributed by atoms with Crippen molar-refractivity contribution in [3.63, 3.8) is 0 Å². The van der Waals surface area contributed by atoms with Crippen LogP contribution in [0.5, 0.6) is 0 Å². The maximum atomic E-state index is 12.7. The molecule has 100 valence electrons. The molecule has 0 bridgehead atoms. The second kappa shape index (κ2) is 5.68. The maximum absolute atomic E-state index is 12.7. The van der Waals surface area contributed by atoms with Crippen molar-refractivity contribution in [2.75, 3.05) is 26.7 Å². The van der Waals surface area contributed by atoms with Crippen LogP contribution in [-0.2, 0) is 4.79 Å². The molecule has 0 spiro atoms. The summed E-state index contributed by atoms with van der Waals surface area (Å²) < 4.78 is 38.1. The first-order valence-corrected chi connectivity index (χ1v) is 5.62. The molecule has 1 aliphatic heterocycles. The summed E-state index contributed by atoms with van der Waals surface area (Å²) in [5.41, 5.74) is 5.18. The SMILES string of the molecule is CNC(=O)[C@H]1CCCN([C@H](CN)C(F)(F)F)C1. The predicted molar refractivity (Wildman–Crippen MR) is 57.3 cm³/mol. The molecule has 1 amide bonds. The molecule has 3 N–H and O–H groups in total. The van der Waals surface area contributed by atoms with Crippen LogP contribution in [0.25, 0.3) is 0 Å². The summed E-state index contributed by atoms with van der Waals surface area (Å²) in [4.78, 5) is 12.7. The highest BCUT2D eigenvalue weighted by Crippen LogP contribution is 2.28. The molecule has 0 aliphatic carbocycles. The van der Waals surface area contributed by atoms with E-state index in [1.807, 2.05) is 0 Å². The van der Waals surface area contributed by atoms with Gasteiger partial charge < -0.3 is 11.1 Å². The minimum Gasteiger partial charge on any atom is -0.359 e. The zero-order valence-corrected chi connectivity index (χ0v) is 9.76. The molecular weight excluding hydrogens is 235 g/mol. The molecule has 2 atom stereocenters. The van der Waals surface area contributed by atoms with Crippen molar-refractivity contribution < 1.29 is 18.0 Å². The first-order chi connectivity index (χ1) is 7.90. The van der Waals surface area contributed by atoms with Gasteiger partial charge in [-0.3, -0.25) is 9.69 Å². The largest absolute Gasteiger partial charge is 0.405 e. The highest BCUT2D eigenvalue weighted by Gasteiger charge is 2.44. The van der Waals surface area contributed by atoms with Gasteiger partial charge in [0.2, 0.25) is 5.91 Å². The smallest absolute Gasteiger partial charge is 0.359 e. The Bertz CT molecular complexity index is 270. The molecule has 0 aromatic heterocycles. The summed E-state index contributed by atoms with van der Waals surface area (Å²) in [6.45, 7) is -0.000114. The summed E-state index contributed by atoms with van der Waals surface area (Å²) >= 11 is 0. The summed E-state index contributed by atoms with van der Waals surface area (Å²) in [6, 6.07) is -1.64. The number of halogens is 3. The number of hydrogen-bond acceptors (Lipinski definition) is 3. The third-order valence-electron chi connectivity index (χ3n) is 3.11. The Morgan fingerprint density at radius 1 is 1.59 bits per heavy atom. The quantitative estimate of drug-likeness (QED) is 0.762. The number of nitrogens with one attached hydrogen (secondary N) is 1. The summed E-state index contributed by atoms with van der Waals surface area (Å²) in [6.07, 6.45) is -3.12. The molecule has 1 heterocycles. The summed E-state index contributed by atoms with van der Waals surface area (Å²) in [5, 5.41) is 2.47. The van der Waals surface area contributed by atoms with Crippen molar-refractivity contribution in [1.29, 1.82) is 0 Å². The fraction of sp³-hybridized carbons (Fsp3) is 0.900. The van der Waals surface area contributed by atoms with E-state index in [2.05, 4.69) is 5.32 Å². The number of rotatable bonds is 3. The number of nitrogens with two attached hydrogens (primary N) is 1. The van der Waals surface area contributed by atoms with Crippen LogP contribution in [0.4, 0.5) is 13.2 Å². The number of likely N-dealkylation sites (tertiary alicyclic amines) is 1. The average Bonchev–Trinajstić information content (AvgIpc) is 2.27. The first kappa shape index (κ1) is 14.2. The van der Waals surface area contributed by atoms with Crippen molar-refractivity contribution in [1.82, 2.24) is 10.2 Å². The van der Waals surface area contributed by atoms with Gasteiger partial charge in [-0.05, 0) is 19.4 Å². The van der Waals surface area contributed by atoms with Gasteiger partial charge >= 0.3 is 6.18 Å². The van der Waals surface area contributed by atoms with Crippen LogP contribution in [0.2, 0.25) is 0 Å². The minimum atomic E-state index is -4.33. The number of carbonyl (C=O) groups is 1. The van der Waals surface area contributed by atoms with Crippen LogP contribution < -0.4 is 11.1 Å². The Morgan fingerprint density at radius 3 is 2.71 bits per heavy atom. The van der Waals surface area contributed by atoms with E-state index in [4.69, 9.17) is 5.73 Å². The van der Waals surface area contributed by atoms with Gasteiger partial charge in [0.25, 0.3) is 0 Å². The molecule has 17 heavy (non-hydrogen) atoms. The lowest BCUT2D eigenvalue weighted by Gasteiger charge is -2.37. The van der Waals surface area contributed by atoms with Gasteiger partial charge in [0.1, 0.15) is 6.04 Å². The van der Waals surface area contributed by atoms with E-state index >= 15 is 0 Å². The third kappa shape index (κ3) is 3.57. The van der Waals surface area contributed by atoms with Gasteiger partial charge in [-0.25, -0.2) is 0 Å². The van der Waals surface area contributed by atoms with E-state index in [-0.39, 0.29) is 18.4 Å². The zero-order valence-electron chi connectivity index (χ0n) is 9.76. The molecule has 0 unspecified atom stereocenters. The minimum absolute atomic E-state index is 0.126. The van der Waals surface area contributed by atoms with Crippen LogP contribution >= 0.6 is 0 Å². The normalized spacial score (nSPS) is 24.4. The standard InChI is InChI=1S/C10H18F3N3O/c1-15-9(17)7-3-2-4-16(6-7)8(5-14)10(11,12)13/h7-8H,2-6,14H2,1H3,(H,15,17)/t7-,8+/m0/s1. The van der Waals surface area contributed by atoms with Crippen molar-refractivity contribution in [2.45, 2.75) is 25.1 Å². The topological polar surface area (TPSA) is 58.4 Å². The molecule has 1 rings (SSSR count). The van der Waals surface area contributed by atoms with Crippen LogP contribution in [0, 0.1) is 5.92 Å². The van der Waals surface area contributed by atoms with E-state index in [1.54, 1.807) is 0 Å². The molecule has 0 aromatic rings. The van der Waals surface area contributed by atoms with E-state index < -0.39 is 18.8 Å². The van der Waals surface area contributed by atoms with Crippen LogP contribution in [0.15, 0.2) is 0 Å². The second-order valence-electron chi connectivity index (χ2n) is 4.24. The molecule has 0 radical (unpaired) electrons. The highest BCUT2D eigenvalue weighted by atomic mass is 19.4. The second-order valence-corrected chi connectivity index (χ2v) is 4.24. The van der Waals surface area contributed by atoms with Gasteiger partial charge in [0.05, 0.1) is 5.92 Å². The number of amides is 1. The Labute approximate surface area is 98.3 Å². The van der Waals surface area contributed by atoms with E-state index in [0.717, 1.165) is 0 Å². The molecular formula is C10H18F3N3O. The zero-order chi connectivity index (χ0) is 13.1. The van der Waals surface area contributed by atoms with E-state index in [0.29, 0.717) is 19.4 Å². The maximum Gasteiger partial charge on any atom is 0.405 e. The average molecular weight is 253 g/mol. The monoisotopic (exact) mass is 253 g/mol. The van der Waals surface area contributed by atoms with Crippen LogP contribution in [-0.4, -0.2) is 49.7 Å². The van der Waals surface area contributed by atoms with Crippen LogP contribution in [0.1, 0.15) is 12.8 Å². The lowest BCUT2D eigenvalue weighted by Crippen LogP contribution is -2.55. The molecule has 0 saturated carbocycles. The highest BCUT2D eigenvalue weighted by molar-refractivity contribution is 5.78. The molecule has 1 aliphatic rings. The Hall–Kier alpha value is -0.820. The number of carbonyl (C=O) groups excluding carboxylic acids is 1. The number of hydrogen-bond donors (Lipinski definition) is 2. The number of alkyl halides is 3. The Morgan fingerprint density at radius 2 is 2.24 bits per heavy atom. The lowest BCUT2D eigenvalue weighted by atomic mass is 9.95. The fourth-order valence-corrected chi connectivity index (χ4v) is 2.20. The predicted octanol–water partition coefficient (Wildman–Crippen LogP) is 0.334. The van der Waals surface area contributed by atoms with Gasteiger partial charge in [-0.1, -0.05) is 0 Å². The lowest BCUT2D eigenvalue weighted by molar-refractivity contribution is -0.185. The van der Waals surface area contributed by atoms with Gasteiger partial charge in [-0.2, -0.15) is 13.2 Å². The Kier molecular flexibility index (Phi) is 4.76. The molecule has 1 fully saturated rings. The van der Waals surface area contributed by atoms with Gasteiger partial charge in [-0.15, -0.1) is 0 Å². The van der Waals surface area contributed by atoms with E-state index in [9.17, 15) is 18.0 Å². The van der Waals surface area contributed by atoms with E-state index in [1.165, 1.54) is 11.9 Å². The third-order valence-corrected chi connectivity index (χ3v) is 3.11. The van der Waals surface area contributed by atoms with Crippen molar-refractivity contribution in [3.05, 3.63) is 0 Å². The number of piperidine rings is 1. The fourth-order valence-electron chi connectivity index (χ4n) is 2.20. The molecule has 7 heteroatoms. The summed E-state index contributed by atoms with van der Waals surface area (Å²) in [7, 11) is 1.49. The molecule has 4 nitrogen and oxygen atoms in total. The van der Waals surface area contributed by atoms with Crippen molar-refractivity contribution >= 4 is 5.91 Å². The van der Waals surface area contributed by atoms with Gasteiger partial charge in [0.15, 0.2) is 0 Å². The summed E-state index contributed by atoms with van der Waals surface area (Å²) in [5.74, 6) is -0.571. The number of nitrogens with zero attached hydrogens (tertiary/aromatic N) is 1. The first-order valence-electron chi connectivity index (χ1n) is 5.62. The van der Waals surface area contributed by atoms with Crippen molar-refractivity contribution in [2.24, 2.45) is 11.7 Å². The van der Waals surface area contributed by atoms with Gasteiger partial charge in [0, 0.05) is 20.1 Å². The molecule has 1 saturated heterocycles.